The van der Waals surface area contributed by atoms with Crippen molar-refractivity contribution in [1.29, 1.82) is 0 Å². The van der Waals surface area contributed by atoms with Gasteiger partial charge in [0.05, 0.1) is 6.04 Å². The molecule has 2 unspecified atom stereocenters. The molecule has 1 aliphatic rings. The number of alkyl carbamates (subject to hydrolysis) is 1. The number of halogens is 1. The Morgan fingerprint density at radius 3 is 2.09 bits per heavy atom. The summed E-state index contributed by atoms with van der Waals surface area (Å²) in [6, 6.07) is 17.1. The molecule has 3 rings (SSSR count). The summed E-state index contributed by atoms with van der Waals surface area (Å²) in [6.45, 7) is -0.147. The number of benzene rings is 2. The van der Waals surface area contributed by atoms with Crippen LogP contribution in [0.5, 0.6) is 0 Å². The number of ether oxygens (including phenoxy) is 1. The molecule has 0 radical (unpaired) electrons. The maximum atomic E-state index is 12.7. The van der Waals surface area contributed by atoms with Crippen LogP contribution in [0.2, 0.25) is 0 Å². The molecule has 2 atom stereocenters. The number of carboxylic acid groups (broad SMARTS) is 1. The van der Waals surface area contributed by atoms with Crippen LogP contribution >= 0.6 is 11.6 Å². The van der Waals surface area contributed by atoms with Gasteiger partial charge in [-0.05, 0) is 17.5 Å². The lowest BCUT2D eigenvalue weighted by Crippen LogP contribution is -2.63. The first-order chi connectivity index (χ1) is 16.4. The summed E-state index contributed by atoms with van der Waals surface area (Å²) in [4.78, 5) is 51.9. The predicted molar refractivity (Wildman–Crippen MR) is 124 cm³/mol. The van der Waals surface area contributed by atoms with Gasteiger partial charge in [0.2, 0.25) is 11.8 Å². The number of likely N-dealkylation sites (tertiary alicyclic amines) is 1. The highest BCUT2D eigenvalue weighted by Crippen LogP contribution is 2.23. The summed E-state index contributed by atoms with van der Waals surface area (Å²) in [5.74, 6) is -1.07. The maximum Gasteiger partial charge on any atom is 0.409 e. The van der Waals surface area contributed by atoms with E-state index in [2.05, 4.69) is 5.32 Å². The van der Waals surface area contributed by atoms with Crippen molar-refractivity contribution < 1.29 is 29.0 Å². The van der Waals surface area contributed by atoms with E-state index in [9.17, 15) is 24.3 Å². The summed E-state index contributed by atoms with van der Waals surface area (Å²) in [7, 11) is 0. The van der Waals surface area contributed by atoms with Crippen LogP contribution in [0.3, 0.4) is 0 Å². The van der Waals surface area contributed by atoms with Gasteiger partial charge in [-0.15, -0.1) is 11.6 Å². The zero-order valence-electron chi connectivity index (χ0n) is 18.4. The number of nitrogens with zero attached hydrogens (tertiary/aromatic N) is 2. The Balaban J connectivity index is 1.91. The van der Waals surface area contributed by atoms with Crippen molar-refractivity contribution in [3.05, 3.63) is 71.8 Å². The Bertz CT molecular complexity index is 988. The molecule has 0 aromatic heterocycles. The van der Waals surface area contributed by atoms with Crippen molar-refractivity contribution in [2.24, 2.45) is 0 Å². The molecule has 2 aromatic rings. The first-order valence-electron chi connectivity index (χ1n) is 10.8. The minimum absolute atomic E-state index is 0.00129. The molecule has 2 aromatic carbocycles. The number of hydrogen-bond acceptors (Lipinski definition) is 5. The van der Waals surface area contributed by atoms with Crippen molar-refractivity contribution in [2.45, 2.75) is 38.1 Å². The number of carbonyl (C=O) groups is 4. The molecule has 1 heterocycles. The van der Waals surface area contributed by atoms with Crippen LogP contribution in [0.4, 0.5) is 9.59 Å². The molecule has 0 saturated carbocycles. The summed E-state index contributed by atoms with van der Waals surface area (Å²) >= 11 is 5.85. The molecule has 9 nitrogen and oxygen atoms in total. The van der Waals surface area contributed by atoms with Crippen molar-refractivity contribution in [3.8, 4) is 0 Å². The Morgan fingerprint density at radius 1 is 1.00 bits per heavy atom. The standard InChI is InChI=1S/C24H26ClN3O6/c25-13-14-27(24(32)33)22(28-20(29)11-12-21(28)30)19(15-17-7-3-1-4-8-17)26-23(31)34-16-18-9-5-2-6-10-18/h1-10,19,22H,11-16H2,(H,26,31)(H,32,33). The molecule has 1 saturated heterocycles. The molecule has 180 valence electrons. The fourth-order valence-electron chi connectivity index (χ4n) is 3.87. The highest BCUT2D eigenvalue weighted by molar-refractivity contribution is 6.18. The molecule has 0 bridgehead atoms. The first kappa shape index (κ1) is 25.0. The second-order valence-electron chi connectivity index (χ2n) is 7.74. The zero-order chi connectivity index (χ0) is 24.5. The van der Waals surface area contributed by atoms with E-state index in [-0.39, 0.29) is 38.3 Å². The third-order valence-electron chi connectivity index (χ3n) is 5.42. The summed E-state index contributed by atoms with van der Waals surface area (Å²) in [5, 5.41) is 12.6. The largest absolute Gasteiger partial charge is 0.465 e. The predicted octanol–water partition coefficient (Wildman–Crippen LogP) is 3.22. The van der Waals surface area contributed by atoms with Gasteiger partial charge >= 0.3 is 12.2 Å². The average Bonchev–Trinajstić information content (AvgIpc) is 3.16. The Hall–Kier alpha value is -3.59. The third kappa shape index (κ3) is 6.48. The van der Waals surface area contributed by atoms with Crippen LogP contribution in [0, 0.1) is 0 Å². The van der Waals surface area contributed by atoms with Gasteiger partial charge in [0.1, 0.15) is 12.8 Å². The van der Waals surface area contributed by atoms with Crippen LogP contribution in [-0.4, -0.2) is 63.5 Å². The van der Waals surface area contributed by atoms with Crippen molar-refractivity contribution >= 4 is 35.6 Å². The summed E-state index contributed by atoms with van der Waals surface area (Å²) < 4.78 is 5.33. The van der Waals surface area contributed by atoms with Gasteiger partial charge in [0, 0.05) is 25.3 Å². The molecule has 4 amide bonds. The smallest absolute Gasteiger partial charge is 0.409 e. The highest BCUT2D eigenvalue weighted by Gasteiger charge is 2.44. The summed E-state index contributed by atoms with van der Waals surface area (Å²) in [6.07, 6.45) is -3.36. The van der Waals surface area contributed by atoms with Crippen LogP contribution in [0.1, 0.15) is 24.0 Å². The minimum Gasteiger partial charge on any atom is -0.465 e. The second-order valence-corrected chi connectivity index (χ2v) is 8.12. The first-order valence-corrected chi connectivity index (χ1v) is 11.4. The normalized spacial score (nSPS) is 15.0. The van der Waals surface area contributed by atoms with Crippen LogP contribution in [-0.2, 0) is 27.4 Å². The number of alkyl halides is 1. The Labute approximate surface area is 202 Å². The lowest BCUT2D eigenvalue weighted by molar-refractivity contribution is -0.146. The number of rotatable bonds is 10. The van der Waals surface area contributed by atoms with Gasteiger partial charge in [-0.1, -0.05) is 60.7 Å². The van der Waals surface area contributed by atoms with E-state index >= 15 is 0 Å². The minimum atomic E-state index is -1.37. The number of amides is 4. The molecule has 2 N–H and O–H groups in total. The van der Waals surface area contributed by atoms with Crippen molar-refractivity contribution in [3.63, 3.8) is 0 Å². The fourth-order valence-corrected chi connectivity index (χ4v) is 4.05. The van der Waals surface area contributed by atoms with Crippen LogP contribution in [0.25, 0.3) is 0 Å². The SMILES string of the molecule is O=C(NC(Cc1ccccc1)C(N(CCCl)C(=O)O)N1C(=O)CCC1=O)OCc1ccccc1. The van der Waals surface area contributed by atoms with Gasteiger partial charge in [0.25, 0.3) is 0 Å². The lowest BCUT2D eigenvalue weighted by atomic mass is 10.0. The molecular weight excluding hydrogens is 462 g/mol. The van der Waals surface area contributed by atoms with Gasteiger partial charge in [-0.2, -0.15) is 0 Å². The third-order valence-corrected chi connectivity index (χ3v) is 5.59. The van der Waals surface area contributed by atoms with E-state index in [4.69, 9.17) is 16.3 Å². The molecule has 0 spiro atoms. The topological polar surface area (TPSA) is 116 Å². The summed E-state index contributed by atoms with van der Waals surface area (Å²) in [5.41, 5.74) is 1.55. The average molecular weight is 488 g/mol. The maximum absolute atomic E-state index is 12.7. The molecule has 1 fully saturated rings. The van der Waals surface area contributed by atoms with E-state index in [0.717, 1.165) is 20.9 Å². The number of imide groups is 1. The monoisotopic (exact) mass is 487 g/mol. The van der Waals surface area contributed by atoms with Crippen LogP contribution in [0.15, 0.2) is 60.7 Å². The Morgan fingerprint density at radius 2 is 1.56 bits per heavy atom. The van der Waals surface area contributed by atoms with Gasteiger partial charge in [-0.25, -0.2) is 9.59 Å². The number of hydrogen-bond donors (Lipinski definition) is 2. The quantitative estimate of drug-likeness (QED) is 0.392. The van der Waals surface area contributed by atoms with Gasteiger partial charge in [-0.3, -0.25) is 19.4 Å². The van der Waals surface area contributed by atoms with E-state index in [1.54, 1.807) is 36.4 Å². The van der Waals surface area contributed by atoms with Crippen molar-refractivity contribution in [2.75, 3.05) is 12.4 Å². The van der Waals surface area contributed by atoms with E-state index in [1.807, 2.05) is 24.3 Å². The number of carbonyl (C=O) groups excluding carboxylic acids is 3. The van der Waals surface area contributed by atoms with E-state index in [1.165, 1.54) is 0 Å². The molecule has 1 aliphatic heterocycles. The highest BCUT2D eigenvalue weighted by atomic mass is 35.5. The van der Waals surface area contributed by atoms with Gasteiger partial charge < -0.3 is 15.2 Å². The molecular formula is C24H26ClN3O6. The Kier molecular flexibility index (Phi) is 8.86. The van der Waals surface area contributed by atoms with E-state index in [0.29, 0.717) is 0 Å². The molecule has 10 heteroatoms. The second kappa shape index (κ2) is 12.0. The van der Waals surface area contributed by atoms with Gasteiger partial charge in [0.15, 0.2) is 0 Å². The number of nitrogens with one attached hydrogen (secondary N) is 1. The van der Waals surface area contributed by atoms with Crippen LogP contribution < -0.4 is 5.32 Å². The zero-order valence-corrected chi connectivity index (χ0v) is 19.2. The fraction of sp³-hybridized carbons (Fsp3) is 0.333. The lowest BCUT2D eigenvalue weighted by Gasteiger charge is -2.39. The van der Waals surface area contributed by atoms with E-state index < -0.39 is 36.2 Å². The molecule has 0 aliphatic carbocycles. The molecule has 34 heavy (non-hydrogen) atoms. The van der Waals surface area contributed by atoms with Crippen molar-refractivity contribution in [1.82, 2.24) is 15.1 Å².